The highest BCUT2D eigenvalue weighted by molar-refractivity contribution is 6.31. The largest absolute Gasteiger partial charge is 0.294 e. The van der Waals surface area contributed by atoms with E-state index < -0.39 is 0 Å². The van der Waals surface area contributed by atoms with E-state index in [9.17, 15) is 4.79 Å². The van der Waals surface area contributed by atoms with Crippen LogP contribution in [0.4, 0.5) is 0 Å². The van der Waals surface area contributed by atoms with Crippen LogP contribution in [0.1, 0.15) is 49.2 Å². The summed E-state index contributed by atoms with van der Waals surface area (Å²) in [5.74, 6) is 0.0711. The highest BCUT2D eigenvalue weighted by atomic mass is 35.5. The van der Waals surface area contributed by atoms with Gasteiger partial charge in [-0.15, -0.1) is 0 Å². The number of ketones is 1. The molecule has 1 aromatic rings. The quantitative estimate of drug-likeness (QED) is 0.655. The van der Waals surface area contributed by atoms with Crippen LogP contribution in [0, 0.1) is 6.92 Å². The van der Waals surface area contributed by atoms with Crippen molar-refractivity contribution in [3.05, 3.63) is 33.8 Å². The fourth-order valence-corrected chi connectivity index (χ4v) is 1.76. The van der Waals surface area contributed by atoms with Crippen LogP contribution < -0.4 is 0 Å². The number of carbonyl (C=O) groups excluding carboxylic acids is 1. The Hall–Kier alpha value is -0.820. The van der Waals surface area contributed by atoms with Gasteiger partial charge >= 0.3 is 0 Å². The highest BCUT2D eigenvalue weighted by Gasteiger charge is 2.21. The summed E-state index contributed by atoms with van der Waals surface area (Å²) in [6, 6.07) is 3.79. The summed E-state index contributed by atoms with van der Waals surface area (Å²) in [4.78, 5) is 11.5. The van der Waals surface area contributed by atoms with Crippen molar-refractivity contribution >= 4 is 17.4 Å². The maximum absolute atomic E-state index is 11.5. The molecule has 2 heteroatoms. The number of aryl methyl sites for hydroxylation is 1. The number of benzene rings is 1. The second-order valence-corrected chi connectivity index (χ2v) is 5.36. The summed E-state index contributed by atoms with van der Waals surface area (Å²) in [5, 5.41) is 0.660. The lowest BCUT2D eigenvalue weighted by molar-refractivity contribution is 0.101. The van der Waals surface area contributed by atoms with Crippen LogP contribution in [-0.2, 0) is 5.41 Å². The summed E-state index contributed by atoms with van der Waals surface area (Å²) in [6.45, 7) is 9.84. The van der Waals surface area contributed by atoms with Gasteiger partial charge in [0.15, 0.2) is 5.78 Å². The van der Waals surface area contributed by atoms with Gasteiger partial charge in [-0.1, -0.05) is 38.4 Å². The minimum atomic E-state index is -0.0314. The molecule has 0 unspecified atom stereocenters. The molecule has 0 saturated heterocycles. The molecule has 0 bridgehead atoms. The minimum absolute atomic E-state index is 0.0314. The molecule has 0 spiro atoms. The standard InChI is InChI=1S/C13H17ClO/c1-8-6-11(13(3,4)5)10(9(2)15)7-12(8)14/h6-7H,1-5H3. The van der Waals surface area contributed by atoms with Gasteiger partial charge < -0.3 is 0 Å². The molecule has 0 aliphatic carbocycles. The van der Waals surface area contributed by atoms with Gasteiger partial charge in [0, 0.05) is 10.6 Å². The Bertz CT molecular complexity index is 400. The van der Waals surface area contributed by atoms with E-state index in [0.717, 1.165) is 16.7 Å². The topological polar surface area (TPSA) is 17.1 Å². The van der Waals surface area contributed by atoms with E-state index in [2.05, 4.69) is 20.8 Å². The predicted octanol–water partition coefficient (Wildman–Crippen LogP) is 4.15. The van der Waals surface area contributed by atoms with E-state index in [4.69, 9.17) is 11.6 Å². The van der Waals surface area contributed by atoms with Crippen molar-refractivity contribution < 1.29 is 4.79 Å². The summed E-state index contributed by atoms with van der Waals surface area (Å²) in [5.41, 5.74) is 2.79. The molecule has 0 N–H and O–H groups in total. The van der Waals surface area contributed by atoms with Crippen molar-refractivity contribution in [1.29, 1.82) is 0 Å². The van der Waals surface area contributed by atoms with Crippen LogP contribution in [0.15, 0.2) is 12.1 Å². The summed E-state index contributed by atoms with van der Waals surface area (Å²) < 4.78 is 0. The maximum Gasteiger partial charge on any atom is 0.160 e. The molecule has 0 radical (unpaired) electrons. The maximum atomic E-state index is 11.5. The van der Waals surface area contributed by atoms with Gasteiger partial charge in [-0.2, -0.15) is 0 Å². The number of hydrogen-bond acceptors (Lipinski definition) is 1. The second kappa shape index (κ2) is 3.97. The number of halogens is 1. The van der Waals surface area contributed by atoms with Crippen molar-refractivity contribution in [2.75, 3.05) is 0 Å². The zero-order valence-electron chi connectivity index (χ0n) is 9.94. The molecule has 0 aromatic heterocycles. The Morgan fingerprint density at radius 1 is 1.27 bits per heavy atom. The van der Waals surface area contributed by atoms with Crippen LogP contribution in [0.2, 0.25) is 5.02 Å². The van der Waals surface area contributed by atoms with E-state index >= 15 is 0 Å². The van der Waals surface area contributed by atoms with Crippen LogP contribution in [0.25, 0.3) is 0 Å². The van der Waals surface area contributed by atoms with Crippen LogP contribution in [0.5, 0.6) is 0 Å². The summed E-state index contributed by atoms with van der Waals surface area (Å²) in [7, 11) is 0. The monoisotopic (exact) mass is 224 g/mol. The third kappa shape index (κ3) is 2.60. The lowest BCUT2D eigenvalue weighted by atomic mass is 9.82. The first-order valence-electron chi connectivity index (χ1n) is 5.05. The number of hydrogen-bond donors (Lipinski definition) is 0. The molecule has 0 amide bonds. The van der Waals surface area contributed by atoms with Crippen LogP contribution >= 0.6 is 11.6 Å². The Morgan fingerprint density at radius 2 is 1.80 bits per heavy atom. The Kier molecular flexibility index (Phi) is 3.25. The van der Waals surface area contributed by atoms with Crippen molar-refractivity contribution in [3.63, 3.8) is 0 Å². The zero-order chi connectivity index (χ0) is 11.8. The van der Waals surface area contributed by atoms with Crippen molar-refractivity contribution in [3.8, 4) is 0 Å². The molecular weight excluding hydrogens is 208 g/mol. The summed E-state index contributed by atoms with van der Waals surface area (Å²) >= 11 is 6.03. The van der Waals surface area contributed by atoms with E-state index in [1.807, 2.05) is 13.0 Å². The van der Waals surface area contributed by atoms with Crippen molar-refractivity contribution in [2.24, 2.45) is 0 Å². The van der Waals surface area contributed by atoms with Gasteiger partial charge in [0.1, 0.15) is 0 Å². The van der Waals surface area contributed by atoms with Crippen LogP contribution in [0.3, 0.4) is 0 Å². The Morgan fingerprint density at radius 3 is 2.20 bits per heavy atom. The van der Waals surface area contributed by atoms with Gasteiger partial charge in [-0.25, -0.2) is 0 Å². The fourth-order valence-electron chi connectivity index (χ4n) is 1.59. The molecule has 0 aliphatic heterocycles. The van der Waals surface area contributed by atoms with Gasteiger partial charge in [0.25, 0.3) is 0 Å². The lowest BCUT2D eigenvalue weighted by Gasteiger charge is -2.23. The molecule has 82 valence electrons. The average molecular weight is 225 g/mol. The summed E-state index contributed by atoms with van der Waals surface area (Å²) in [6.07, 6.45) is 0. The first-order valence-corrected chi connectivity index (χ1v) is 5.43. The molecule has 1 nitrogen and oxygen atoms in total. The van der Waals surface area contributed by atoms with Crippen molar-refractivity contribution in [1.82, 2.24) is 0 Å². The number of rotatable bonds is 1. The third-order valence-corrected chi connectivity index (χ3v) is 2.89. The van der Waals surface area contributed by atoms with Crippen LogP contribution in [-0.4, -0.2) is 5.78 Å². The van der Waals surface area contributed by atoms with E-state index in [1.54, 1.807) is 13.0 Å². The normalized spacial score (nSPS) is 11.6. The van der Waals surface area contributed by atoms with E-state index in [1.165, 1.54) is 0 Å². The fraction of sp³-hybridized carbons (Fsp3) is 0.462. The highest BCUT2D eigenvalue weighted by Crippen LogP contribution is 2.30. The Balaban J connectivity index is 3.49. The lowest BCUT2D eigenvalue weighted by Crippen LogP contribution is -2.16. The predicted molar refractivity (Wildman–Crippen MR) is 64.9 cm³/mol. The molecule has 0 heterocycles. The van der Waals surface area contributed by atoms with Gasteiger partial charge in [-0.3, -0.25) is 4.79 Å². The van der Waals surface area contributed by atoms with Gasteiger partial charge in [0.05, 0.1) is 0 Å². The van der Waals surface area contributed by atoms with E-state index in [-0.39, 0.29) is 11.2 Å². The first kappa shape index (κ1) is 12.3. The third-order valence-electron chi connectivity index (χ3n) is 2.49. The van der Waals surface area contributed by atoms with Crippen molar-refractivity contribution in [2.45, 2.75) is 40.0 Å². The molecule has 1 aromatic carbocycles. The molecule has 1 rings (SSSR count). The average Bonchev–Trinajstić information content (AvgIpc) is 2.06. The minimum Gasteiger partial charge on any atom is -0.294 e. The molecular formula is C13H17ClO. The van der Waals surface area contributed by atoms with Gasteiger partial charge in [-0.05, 0) is 36.5 Å². The Labute approximate surface area is 96.5 Å². The molecule has 15 heavy (non-hydrogen) atoms. The molecule has 0 aliphatic rings. The number of carbonyl (C=O) groups is 1. The second-order valence-electron chi connectivity index (χ2n) is 4.95. The van der Waals surface area contributed by atoms with Gasteiger partial charge in [0.2, 0.25) is 0 Å². The molecule has 0 saturated carbocycles. The number of Topliss-reactive ketones (excluding diaryl/α,β-unsaturated/α-hetero) is 1. The molecule has 0 atom stereocenters. The molecule has 0 fully saturated rings. The first-order chi connectivity index (χ1) is 6.73. The van der Waals surface area contributed by atoms with E-state index in [0.29, 0.717) is 5.02 Å². The SMILES string of the molecule is CC(=O)c1cc(Cl)c(C)cc1C(C)(C)C. The zero-order valence-corrected chi connectivity index (χ0v) is 10.7. The smallest absolute Gasteiger partial charge is 0.160 e.